The average Bonchev–Trinajstić information content (AvgIpc) is 2.68. The van der Waals surface area contributed by atoms with Crippen molar-refractivity contribution < 1.29 is 23.1 Å². The number of carbonyl (C=O) groups excluding carboxylic acids is 2. The van der Waals surface area contributed by atoms with Gasteiger partial charge in [0, 0.05) is 30.5 Å². The second kappa shape index (κ2) is 9.36. The Morgan fingerprint density at radius 1 is 1.10 bits per heavy atom. The van der Waals surface area contributed by atoms with Crippen LogP contribution in [-0.2, 0) is 4.79 Å². The summed E-state index contributed by atoms with van der Waals surface area (Å²) in [7, 11) is 0. The van der Waals surface area contributed by atoms with Crippen LogP contribution in [0.5, 0.6) is 5.75 Å². The zero-order valence-corrected chi connectivity index (χ0v) is 16.0. The second-order valence-corrected chi connectivity index (χ2v) is 6.98. The lowest BCUT2D eigenvalue weighted by Crippen LogP contribution is -2.45. The Kier molecular flexibility index (Phi) is 6.64. The van der Waals surface area contributed by atoms with Gasteiger partial charge < -0.3 is 20.3 Å². The SMILES string of the molecule is Cc1cccc(NC(=O)N2CCCC(C(=O)Nc3cccc(OC(F)F)c3)C2)c1. The van der Waals surface area contributed by atoms with E-state index >= 15 is 0 Å². The highest BCUT2D eigenvalue weighted by atomic mass is 19.3. The van der Waals surface area contributed by atoms with E-state index in [1.54, 1.807) is 11.0 Å². The molecule has 1 unspecified atom stereocenters. The van der Waals surface area contributed by atoms with Gasteiger partial charge in [-0.3, -0.25) is 4.79 Å². The maximum Gasteiger partial charge on any atom is 0.387 e. The normalized spacial score (nSPS) is 16.4. The van der Waals surface area contributed by atoms with Gasteiger partial charge in [0.1, 0.15) is 5.75 Å². The summed E-state index contributed by atoms with van der Waals surface area (Å²) in [5.74, 6) is -0.667. The number of amides is 3. The third kappa shape index (κ3) is 5.91. The van der Waals surface area contributed by atoms with Crippen LogP contribution >= 0.6 is 0 Å². The van der Waals surface area contributed by atoms with Crippen molar-refractivity contribution in [3.63, 3.8) is 0 Å². The summed E-state index contributed by atoms with van der Waals surface area (Å²) in [6, 6.07) is 13.1. The number of hydrogen-bond donors (Lipinski definition) is 2. The number of urea groups is 1. The zero-order chi connectivity index (χ0) is 20.8. The molecule has 1 aliphatic heterocycles. The third-order valence-electron chi connectivity index (χ3n) is 4.68. The van der Waals surface area contributed by atoms with Crippen LogP contribution in [0.25, 0.3) is 0 Å². The number of hydrogen-bond acceptors (Lipinski definition) is 3. The van der Waals surface area contributed by atoms with Gasteiger partial charge in [0.05, 0.1) is 5.92 Å². The molecule has 3 rings (SSSR count). The van der Waals surface area contributed by atoms with Crippen molar-refractivity contribution in [3.05, 3.63) is 54.1 Å². The van der Waals surface area contributed by atoms with Gasteiger partial charge in [-0.15, -0.1) is 0 Å². The van der Waals surface area contributed by atoms with E-state index < -0.39 is 6.61 Å². The number of piperidine rings is 1. The lowest BCUT2D eigenvalue weighted by atomic mass is 9.97. The van der Waals surface area contributed by atoms with E-state index in [2.05, 4.69) is 15.4 Å². The van der Waals surface area contributed by atoms with Crippen LogP contribution in [0.1, 0.15) is 18.4 Å². The number of nitrogens with one attached hydrogen (secondary N) is 2. The molecule has 2 N–H and O–H groups in total. The molecule has 0 bridgehead atoms. The molecule has 29 heavy (non-hydrogen) atoms. The number of rotatable bonds is 5. The Labute approximate surface area is 167 Å². The molecule has 1 heterocycles. The number of halogens is 2. The predicted octanol–water partition coefficient (Wildman–Crippen LogP) is 4.48. The van der Waals surface area contributed by atoms with Crippen LogP contribution in [-0.4, -0.2) is 36.5 Å². The Morgan fingerprint density at radius 3 is 2.55 bits per heavy atom. The van der Waals surface area contributed by atoms with Gasteiger partial charge in [-0.1, -0.05) is 18.2 Å². The minimum absolute atomic E-state index is 0.0272. The number of benzene rings is 2. The summed E-state index contributed by atoms with van der Waals surface area (Å²) in [5.41, 5.74) is 2.11. The van der Waals surface area contributed by atoms with Crippen LogP contribution < -0.4 is 15.4 Å². The van der Waals surface area contributed by atoms with Crippen LogP contribution in [0, 0.1) is 12.8 Å². The summed E-state index contributed by atoms with van der Waals surface area (Å²) in [6.07, 6.45) is 1.35. The standard InChI is InChI=1S/C21H23F2N3O3/c1-14-5-2-7-16(11-14)25-21(28)26-10-4-6-15(13-26)19(27)24-17-8-3-9-18(12-17)29-20(22)23/h2-3,5,7-9,11-12,15,20H,4,6,10,13H2,1H3,(H,24,27)(H,25,28). The molecule has 0 saturated carbocycles. The van der Waals surface area contributed by atoms with Crippen molar-refractivity contribution in [2.24, 2.45) is 5.92 Å². The molecule has 0 aliphatic carbocycles. The molecule has 1 aliphatic rings. The molecule has 0 spiro atoms. The number of likely N-dealkylation sites (tertiary alicyclic amines) is 1. The molecule has 3 amide bonds. The molecule has 0 aromatic heterocycles. The van der Waals surface area contributed by atoms with Crippen molar-refractivity contribution in [3.8, 4) is 5.75 Å². The first kappa shape index (κ1) is 20.6. The lowest BCUT2D eigenvalue weighted by Gasteiger charge is -2.32. The molecular weight excluding hydrogens is 380 g/mol. The Balaban J connectivity index is 1.58. The van der Waals surface area contributed by atoms with Crippen LogP contribution in [0.3, 0.4) is 0 Å². The number of ether oxygens (including phenoxy) is 1. The second-order valence-electron chi connectivity index (χ2n) is 6.98. The van der Waals surface area contributed by atoms with Crippen molar-refractivity contribution >= 4 is 23.3 Å². The molecule has 2 aromatic carbocycles. The summed E-state index contributed by atoms with van der Waals surface area (Å²) in [6.45, 7) is -0.131. The van der Waals surface area contributed by atoms with E-state index in [0.29, 0.717) is 30.8 Å². The molecule has 154 valence electrons. The van der Waals surface area contributed by atoms with Crippen LogP contribution in [0.2, 0.25) is 0 Å². The first-order valence-corrected chi connectivity index (χ1v) is 9.39. The smallest absolute Gasteiger partial charge is 0.387 e. The van der Waals surface area contributed by atoms with Gasteiger partial charge in [0.15, 0.2) is 0 Å². The van der Waals surface area contributed by atoms with Crippen molar-refractivity contribution in [2.45, 2.75) is 26.4 Å². The molecular formula is C21H23F2N3O3. The fraction of sp³-hybridized carbons (Fsp3) is 0.333. The zero-order valence-electron chi connectivity index (χ0n) is 16.0. The van der Waals surface area contributed by atoms with E-state index in [1.807, 2.05) is 31.2 Å². The molecule has 8 heteroatoms. The fourth-order valence-corrected chi connectivity index (χ4v) is 3.30. The van der Waals surface area contributed by atoms with E-state index in [1.165, 1.54) is 18.2 Å². The summed E-state index contributed by atoms with van der Waals surface area (Å²) in [4.78, 5) is 26.8. The molecule has 2 aromatic rings. The van der Waals surface area contributed by atoms with E-state index in [4.69, 9.17) is 0 Å². The van der Waals surface area contributed by atoms with Gasteiger partial charge in [0.2, 0.25) is 5.91 Å². The number of anilines is 2. The molecule has 1 fully saturated rings. The number of carbonyl (C=O) groups is 2. The van der Waals surface area contributed by atoms with Crippen molar-refractivity contribution in [1.82, 2.24) is 4.90 Å². The summed E-state index contributed by atoms with van der Waals surface area (Å²) < 4.78 is 29.0. The first-order valence-electron chi connectivity index (χ1n) is 9.39. The van der Waals surface area contributed by atoms with E-state index in [-0.39, 0.29) is 30.2 Å². The van der Waals surface area contributed by atoms with Crippen LogP contribution in [0.15, 0.2) is 48.5 Å². The minimum atomic E-state index is -2.93. The minimum Gasteiger partial charge on any atom is -0.435 e. The van der Waals surface area contributed by atoms with E-state index in [0.717, 1.165) is 5.56 Å². The average molecular weight is 403 g/mol. The third-order valence-corrected chi connectivity index (χ3v) is 4.68. The Morgan fingerprint density at radius 2 is 1.83 bits per heavy atom. The number of aryl methyl sites for hydroxylation is 1. The van der Waals surface area contributed by atoms with Gasteiger partial charge in [-0.2, -0.15) is 8.78 Å². The first-order chi connectivity index (χ1) is 13.9. The number of nitrogens with zero attached hydrogens (tertiary/aromatic N) is 1. The topological polar surface area (TPSA) is 70.7 Å². The Bertz CT molecular complexity index is 876. The highest BCUT2D eigenvalue weighted by Gasteiger charge is 2.28. The fourth-order valence-electron chi connectivity index (χ4n) is 3.30. The lowest BCUT2D eigenvalue weighted by molar-refractivity contribution is -0.121. The highest BCUT2D eigenvalue weighted by Crippen LogP contribution is 2.23. The quantitative estimate of drug-likeness (QED) is 0.773. The maximum atomic E-state index is 12.6. The summed E-state index contributed by atoms with van der Waals surface area (Å²) >= 11 is 0. The van der Waals surface area contributed by atoms with Gasteiger partial charge in [0.25, 0.3) is 0 Å². The van der Waals surface area contributed by atoms with E-state index in [9.17, 15) is 18.4 Å². The molecule has 1 atom stereocenters. The van der Waals surface area contributed by atoms with Crippen LogP contribution in [0.4, 0.5) is 25.0 Å². The Hall–Kier alpha value is -3.16. The molecule has 6 nitrogen and oxygen atoms in total. The molecule has 1 saturated heterocycles. The monoisotopic (exact) mass is 403 g/mol. The summed E-state index contributed by atoms with van der Waals surface area (Å²) in [5, 5.41) is 5.57. The predicted molar refractivity (Wildman–Crippen MR) is 106 cm³/mol. The highest BCUT2D eigenvalue weighted by molar-refractivity contribution is 5.94. The van der Waals surface area contributed by atoms with Crippen molar-refractivity contribution in [1.29, 1.82) is 0 Å². The van der Waals surface area contributed by atoms with Gasteiger partial charge >= 0.3 is 12.6 Å². The van der Waals surface area contributed by atoms with Gasteiger partial charge in [-0.05, 0) is 49.6 Å². The van der Waals surface area contributed by atoms with Gasteiger partial charge in [-0.25, -0.2) is 4.79 Å². The number of alkyl halides is 2. The maximum absolute atomic E-state index is 12.6. The largest absolute Gasteiger partial charge is 0.435 e. The molecule has 0 radical (unpaired) electrons. The van der Waals surface area contributed by atoms with Crippen molar-refractivity contribution in [2.75, 3.05) is 23.7 Å².